The molecule has 0 N–H and O–H groups in total. The molecule has 0 spiro atoms. The Morgan fingerprint density at radius 2 is 2.00 bits per heavy atom. The van der Waals surface area contributed by atoms with Gasteiger partial charge in [-0.1, -0.05) is 17.3 Å². The molecule has 0 aliphatic carbocycles. The lowest BCUT2D eigenvalue weighted by atomic mass is 10.1. The number of hydrogen-bond donors (Lipinski definition) is 0. The Morgan fingerprint density at radius 3 is 2.75 bits per heavy atom. The van der Waals surface area contributed by atoms with Crippen LogP contribution in [0.15, 0.2) is 21.0 Å². The van der Waals surface area contributed by atoms with E-state index in [9.17, 15) is 0 Å². The molecule has 0 amide bonds. The number of rotatable bonds is 0. The summed E-state index contributed by atoms with van der Waals surface area (Å²) in [7, 11) is 2.20. The van der Waals surface area contributed by atoms with Crippen LogP contribution in [0.3, 0.4) is 0 Å². The molecule has 12 heavy (non-hydrogen) atoms. The molecular weight excluding hydrogens is 166 g/mol. The molecule has 0 bridgehead atoms. The molecule has 0 aromatic heterocycles. The van der Waals surface area contributed by atoms with Gasteiger partial charge in [-0.15, -0.1) is 0 Å². The lowest BCUT2D eigenvalue weighted by Crippen LogP contribution is -2.14. The summed E-state index contributed by atoms with van der Waals surface area (Å²) in [4.78, 5) is 5.52. The second kappa shape index (κ2) is 2.93. The van der Waals surface area contributed by atoms with Crippen LogP contribution in [0.2, 0.25) is 0 Å². The summed E-state index contributed by atoms with van der Waals surface area (Å²) in [5.41, 5.74) is 3.22. The quantitative estimate of drug-likeness (QED) is 0.565. The zero-order chi connectivity index (χ0) is 8.72. The van der Waals surface area contributed by atoms with Crippen molar-refractivity contribution < 1.29 is 0 Å². The van der Waals surface area contributed by atoms with Gasteiger partial charge < -0.3 is 0 Å². The zero-order valence-corrected chi connectivity index (χ0v) is 8.79. The topological polar surface area (TPSA) is 3.24 Å². The number of hydrogen-bond acceptors (Lipinski definition) is 2. The normalized spacial score (nSPS) is 25.2. The largest absolute Gasteiger partial charge is 0.298 e. The summed E-state index contributed by atoms with van der Waals surface area (Å²) in [6.07, 6.45) is 1.22. The maximum Gasteiger partial charge on any atom is 0.0297 e. The van der Waals surface area contributed by atoms with Crippen molar-refractivity contribution in [1.82, 2.24) is 4.90 Å². The van der Waals surface area contributed by atoms with Gasteiger partial charge in [-0.2, -0.15) is 0 Å². The Bertz CT molecular complexity index is 250. The predicted octanol–water partition coefficient (Wildman–Crippen LogP) is 2.62. The van der Waals surface area contributed by atoms with Gasteiger partial charge in [0, 0.05) is 18.0 Å². The summed E-state index contributed by atoms with van der Waals surface area (Å²) in [6.45, 7) is 6.85. The van der Waals surface area contributed by atoms with Gasteiger partial charge in [0.1, 0.15) is 0 Å². The van der Waals surface area contributed by atoms with Gasteiger partial charge in [0.05, 0.1) is 0 Å². The first-order valence-corrected chi connectivity index (χ1v) is 5.22. The van der Waals surface area contributed by atoms with Crippen molar-refractivity contribution in [2.75, 3.05) is 20.1 Å². The van der Waals surface area contributed by atoms with Crippen LogP contribution in [0.1, 0.15) is 20.3 Å². The highest BCUT2D eigenvalue weighted by Gasteiger charge is 2.23. The highest BCUT2D eigenvalue weighted by Crippen LogP contribution is 2.41. The Labute approximate surface area is 78.5 Å². The fourth-order valence-corrected chi connectivity index (χ4v) is 2.98. The van der Waals surface area contributed by atoms with Gasteiger partial charge in [-0.25, -0.2) is 0 Å². The smallest absolute Gasteiger partial charge is 0.0297 e. The molecular formula is C10H15NS. The fourth-order valence-electron chi connectivity index (χ4n) is 1.80. The van der Waals surface area contributed by atoms with Gasteiger partial charge in [-0.05, 0) is 37.8 Å². The molecule has 66 valence electrons. The van der Waals surface area contributed by atoms with Crippen molar-refractivity contribution in [2.24, 2.45) is 0 Å². The van der Waals surface area contributed by atoms with Crippen LogP contribution < -0.4 is 0 Å². The first kappa shape index (κ1) is 8.39. The highest BCUT2D eigenvalue weighted by atomic mass is 32.2. The molecule has 0 unspecified atom stereocenters. The summed E-state index contributed by atoms with van der Waals surface area (Å²) in [5.74, 6) is 0. The average Bonchev–Trinajstić information content (AvgIpc) is 2.30. The number of thioether (sulfide) groups is 1. The summed E-state index contributed by atoms with van der Waals surface area (Å²) < 4.78 is 0. The third kappa shape index (κ3) is 1.34. The monoisotopic (exact) mass is 181 g/mol. The Morgan fingerprint density at radius 1 is 1.25 bits per heavy atom. The van der Waals surface area contributed by atoms with Gasteiger partial charge in [-0.3, -0.25) is 4.90 Å². The first-order chi connectivity index (χ1) is 5.66. The van der Waals surface area contributed by atoms with Gasteiger partial charge in [0.2, 0.25) is 0 Å². The number of allylic oxidation sites excluding steroid dienone is 2. The van der Waals surface area contributed by atoms with Crippen molar-refractivity contribution in [3.8, 4) is 0 Å². The SMILES string of the molecule is CC1=C(C)SC2=C(C1)CN(C)C2. The molecule has 0 aromatic rings. The maximum absolute atomic E-state index is 2.39. The predicted molar refractivity (Wildman–Crippen MR) is 55.1 cm³/mol. The van der Waals surface area contributed by atoms with Crippen LogP contribution in [-0.2, 0) is 0 Å². The van der Waals surface area contributed by atoms with E-state index in [1.807, 2.05) is 11.8 Å². The van der Waals surface area contributed by atoms with E-state index < -0.39 is 0 Å². The van der Waals surface area contributed by atoms with Crippen LogP contribution in [0, 0.1) is 0 Å². The number of nitrogens with zero attached hydrogens (tertiary/aromatic N) is 1. The van der Waals surface area contributed by atoms with Crippen molar-refractivity contribution in [3.05, 3.63) is 21.0 Å². The summed E-state index contributed by atoms with van der Waals surface area (Å²) in [5, 5.41) is 0. The van der Waals surface area contributed by atoms with Crippen LogP contribution in [0.4, 0.5) is 0 Å². The minimum Gasteiger partial charge on any atom is -0.298 e. The third-order valence-electron chi connectivity index (χ3n) is 2.62. The minimum absolute atomic E-state index is 1.17. The zero-order valence-electron chi connectivity index (χ0n) is 7.98. The van der Waals surface area contributed by atoms with E-state index in [0.717, 1.165) is 0 Å². The van der Waals surface area contributed by atoms with Crippen molar-refractivity contribution >= 4 is 11.8 Å². The molecule has 2 aliphatic heterocycles. The van der Waals surface area contributed by atoms with E-state index in [2.05, 4.69) is 25.8 Å². The fraction of sp³-hybridized carbons (Fsp3) is 0.600. The number of likely N-dealkylation sites (N-methyl/N-ethyl adjacent to an activating group) is 1. The average molecular weight is 181 g/mol. The van der Waals surface area contributed by atoms with Gasteiger partial charge in [0.25, 0.3) is 0 Å². The third-order valence-corrected chi connectivity index (χ3v) is 3.94. The maximum atomic E-state index is 2.39. The molecule has 1 nitrogen and oxygen atoms in total. The Balaban J connectivity index is 2.18. The highest BCUT2D eigenvalue weighted by molar-refractivity contribution is 8.06. The van der Waals surface area contributed by atoms with E-state index in [1.165, 1.54) is 24.4 Å². The van der Waals surface area contributed by atoms with E-state index in [0.29, 0.717) is 0 Å². The van der Waals surface area contributed by atoms with Crippen molar-refractivity contribution in [2.45, 2.75) is 20.3 Å². The van der Waals surface area contributed by atoms with Gasteiger partial charge >= 0.3 is 0 Å². The molecule has 2 aliphatic rings. The lowest BCUT2D eigenvalue weighted by Gasteiger charge is -2.15. The molecule has 2 heterocycles. The van der Waals surface area contributed by atoms with E-state index in [-0.39, 0.29) is 0 Å². The Kier molecular flexibility index (Phi) is 2.05. The second-order valence-electron chi connectivity index (χ2n) is 3.81. The van der Waals surface area contributed by atoms with Crippen LogP contribution in [-0.4, -0.2) is 25.0 Å². The van der Waals surface area contributed by atoms with Crippen LogP contribution in [0.5, 0.6) is 0 Å². The Hall–Kier alpha value is -0.210. The molecule has 0 saturated heterocycles. The molecule has 0 atom stereocenters. The molecule has 0 radical (unpaired) electrons. The molecule has 2 heteroatoms. The minimum atomic E-state index is 1.17. The molecule has 2 rings (SSSR count). The van der Waals surface area contributed by atoms with E-state index >= 15 is 0 Å². The standard InChI is InChI=1S/C10H15NS/c1-7-4-9-5-11(3)6-10(9)12-8(7)2/h4-6H2,1-3H3. The molecule has 0 fully saturated rings. The van der Waals surface area contributed by atoms with Crippen molar-refractivity contribution in [1.29, 1.82) is 0 Å². The van der Waals surface area contributed by atoms with Crippen molar-refractivity contribution in [3.63, 3.8) is 0 Å². The summed E-state index contributed by atoms with van der Waals surface area (Å²) in [6, 6.07) is 0. The molecule has 0 saturated carbocycles. The second-order valence-corrected chi connectivity index (χ2v) is 5.12. The summed E-state index contributed by atoms with van der Waals surface area (Å²) >= 11 is 1.99. The lowest BCUT2D eigenvalue weighted by molar-refractivity contribution is 0.426. The molecule has 0 aromatic carbocycles. The van der Waals surface area contributed by atoms with E-state index in [1.54, 1.807) is 16.1 Å². The van der Waals surface area contributed by atoms with Crippen LogP contribution >= 0.6 is 11.8 Å². The van der Waals surface area contributed by atoms with Gasteiger partial charge in [0.15, 0.2) is 0 Å². The van der Waals surface area contributed by atoms with Crippen LogP contribution in [0.25, 0.3) is 0 Å². The first-order valence-electron chi connectivity index (χ1n) is 4.40. The van der Waals surface area contributed by atoms with E-state index in [4.69, 9.17) is 0 Å².